The fraction of sp³-hybridized carbons (Fsp3) is 0.130. The first kappa shape index (κ1) is 19.2. The molecule has 0 radical (unpaired) electrons. The quantitative estimate of drug-likeness (QED) is 0.416. The summed E-state index contributed by atoms with van der Waals surface area (Å²) < 4.78 is 30.2. The van der Waals surface area contributed by atoms with E-state index in [0.29, 0.717) is 11.3 Å². The SMILES string of the molecule is Cc1ccc(S(=O)(=O)N2C(c3ccccc3)=C(I)CC2c2ccccc2)cc1. The van der Waals surface area contributed by atoms with Crippen LogP contribution in [-0.2, 0) is 10.0 Å². The summed E-state index contributed by atoms with van der Waals surface area (Å²) in [5, 5.41) is 0. The van der Waals surface area contributed by atoms with Crippen LogP contribution in [0.25, 0.3) is 5.70 Å². The molecule has 0 bridgehead atoms. The van der Waals surface area contributed by atoms with Crippen LogP contribution in [0.4, 0.5) is 0 Å². The lowest BCUT2D eigenvalue weighted by Crippen LogP contribution is -2.30. The molecule has 1 heterocycles. The second-order valence-electron chi connectivity index (χ2n) is 6.86. The van der Waals surface area contributed by atoms with Gasteiger partial charge in [0.05, 0.1) is 16.6 Å². The van der Waals surface area contributed by atoms with Gasteiger partial charge in [0.2, 0.25) is 0 Å². The lowest BCUT2D eigenvalue weighted by Gasteiger charge is -2.29. The molecule has 1 atom stereocenters. The van der Waals surface area contributed by atoms with Gasteiger partial charge in [0.15, 0.2) is 0 Å². The maximum atomic E-state index is 13.7. The average molecular weight is 501 g/mol. The summed E-state index contributed by atoms with van der Waals surface area (Å²) >= 11 is 2.29. The van der Waals surface area contributed by atoms with Gasteiger partial charge >= 0.3 is 0 Å². The summed E-state index contributed by atoms with van der Waals surface area (Å²) in [6.07, 6.45) is 0.667. The van der Waals surface area contributed by atoms with Crippen LogP contribution in [0.5, 0.6) is 0 Å². The van der Waals surface area contributed by atoms with Crippen LogP contribution in [0.1, 0.15) is 29.2 Å². The monoisotopic (exact) mass is 501 g/mol. The summed E-state index contributed by atoms with van der Waals surface area (Å²) in [6, 6.07) is 26.5. The summed E-state index contributed by atoms with van der Waals surface area (Å²) in [7, 11) is -3.71. The second kappa shape index (κ2) is 7.72. The fourth-order valence-electron chi connectivity index (χ4n) is 3.54. The fourth-order valence-corrected chi connectivity index (χ4v) is 6.39. The van der Waals surface area contributed by atoms with Crippen LogP contribution in [0.2, 0.25) is 0 Å². The van der Waals surface area contributed by atoms with Crippen molar-refractivity contribution in [2.45, 2.75) is 24.3 Å². The van der Waals surface area contributed by atoms with Crippen molar-refractivity contribution in [3.05, 3.63) is 105 Å². The highest BCUT2D eigenvalue weighted by molar-refractivity contribution is 14.1. The van der Waals surface area contributed by atoms with Crippen molar-refractivity contribution in [2.24, 2.45) is 0 Å². The van der Waals surface area contributed by atoms with Gasteiger partial charge < -0.3 is 0 Å². The molecule has 0 amide bonds. The molecule has 0 fully saturated rings. The number of hydrogen-bond acceptors (Lipinski definition) is 2. The minimum absolute atomic E-state index is 0.255. The number of halogens is 1. The minimum Gasteiger partial charge on any atom is -0.257 e. The Hall–Kier alpha value is -2.12. The first-order valence-electron chi connectivity index (χ1n) is 9.08. The Kier molecular flexibility index (Phi) is 5.29. The minimum atomic E-state index is -3.71. The Morgan fingerprint density at radius 2 is 1.43 bits per heavy atom. The van der Waals surface area contributed by atoms with Gasteiger partial charge in [0.25, 0.3) is 10.0 Å². The number of nitrogens with zero attached hydrogens (tertiary/aromatic N) is 1. The van der Waals surface area contributed by atoms with Crippen LogP contribution in [-0.4, -0.2) is 12.7 Å². The molecule has 1 aliphatic heterocycles. The summed E-state index contributed by atoms with van der Waals surface area (Å²) in [6.45, 7) is 1.96. The molecule has 4 rings (SSSR count). The van der Waals surface area contributed by atoms with Gasteiger partial charge in [0, 0.05) is 10.0 Å². The van der Waals surface area contributed by atoms with Gasteiger partial charge in [0.1, 0.15) is 0 Å². The molecule has 3 aromatic rings. The third-order valence-electron chi connectivity index (χ3n) is 4.94. The van der Waals surface area contributed by atoms with Crippen LogP contribution >= 0.6 is 22.6 Å². The molecule has 0 N–H and O–H groups in total. The Morgan fingerprint density at radius 1 is 0.857 bits per heavy atom. The van der Waals surface area contributed by atoms with E-state index in [4.69, 9.17) is 0 Å². The molecule has 0 spiro atoms. The average Bonchev–Trinajstić information content (AvgIpc) is 3.08. The van der Waals surface area contributed by atoms with Crippen molar-refractivity contribution in [2.75, 3.05) is 0 Å². The van der Waals surface area contributed by atoms with Crippen LogP contribution in [0.15, 0.2) is 93.4 Å². The molecule has 3 nitrogen and oxygen atoms in total. The maximum absolute atomic E-state index is 13.7. The van der Waals surface area contributed by atoms with Crippen molar-refractivity contribution in [3.8, 4) is 0 Å². The maximum Gasteiger partial charge on any atom is 0.264 e. The van der Waals surface area contributed by atoms with Gasteiger partial charge in [-0.05, 0) is 52.8 Å². The topological polar surface area (TPSA) is 37.4 Å². The van der Waals surface area contributed by atoms with Crippen LogP contribution in [0.3, 0.4) is 0 Å². The predicted molar refractivity (Wildman–Crippen MR) is 121 cm³/mol. The van der Waals surface area contributed by atoms with Crippen molar-refractivity contribution in [1.82, 2.24) is 4.31 Å². The van der Waals surface area contributed by atoms with Gasteiger partial charge in [-0.3, -0.25) is 4.31 Å². The number of benzene rings is 3. The summed E-state index contributed by atoms with van der Waals surface area (Å²) in [5.74, 6) is 0. The summed E-state index contributed by atoms with van der Waals surface area (Å²) in [4.78, 5) is 0.318. The standard InChI is InChI=1S/C23H20INO2S/c1-17-12-14-20(15-13-17)28(26,27)25-22(18-8-4-2-5-9-18)16-21(24)23(25)19-10-6-3-7-11-19/h2-15,22H,16H2,1H3. The van der Waals surface area contributed by atoms with Crippen LogP contribution in [0, 0.1) is 6.92 Å². The zero-order valence-electron chi connectivity index (χ0n) is 15.4. The molecule has 0 saturated heterocycles. The molecular formula is C23H20INO2S. The Balaban J connectivity index is 1.89. The first-order chi connectivity index (χ1) is 13.5. The van der Waals surface area contributed by atoms with Gasteiger partial charge in [-0.15, -0.1) is 0 Å². The molecule has 142 valence electrons. The van der Waals surface area contributed by atoms with Crippen molar-refractivity contribution in [3.63, 3.8) is 0 Å². The highest BCUT2D eigenvalue weighted by Crippen LogP contribution is 2.48. The van der Waals surface area contributed by atoms with E-state index in [9.17, 15) is 8.42 Å². The number of aryl methyl sites for hydroxylation is 1. The van der Waals surface area contributed by atoms with Gasteiger partial charge in [-0.2, -0.15) is 0 Å². The third kappa shape index (κ3) is 3.49. The smallest absolute Gasteiger partial charge is 0.257 e. The van der Waals surface area contributed by atoms with Gasteiger partial charge in [-0.25, -0.2) is 8.42 Å². The molecular weight excluding hydrogens is 481 g/mol. The Labute approximate surface area is 179 Å². The largest absolute Gasteiger partial charge is 0.264 e. The first-order valence-corrected chi connectivity index (χ1v) is 11.6. The van der Waals surface area contributed by atoms with E-state index in [1.807, 2.05) is 79.7 Å². The molecule has 28 heavy (non-hydrogen) atoms. The lowest BCUT2D eigenvalue weighted by atomic mass is 10.1. The van der Waals surface area contributed by atoms with E-state index in [1.165, 1.54) is 0 Å². The molecule has 5 heteroatoms. The highest BCUT2D eigenvalue weighted by Gasteiger charge is 2.40. The molecule has 3 aromatic carbocycles. The van der Waals surface area contributed by atoms with Crippen molar-refractivity contribution in [1.29, 1.82) is 0 Å². The van der Waals surface area contributed by atoms with E-state index in [-0.39, 0.29) is 6.04 Å². The van der Waals surface area contributed by atoms with E-state index in [2.05, 4.69) is 22.6 Å². The zero-order chi connectivity index (χ0) is 19.7. The summed E-state index contributed by atoms with van der Waals surface area (Å²) in [5.41, 5.74) is 3.73. The molecule has 0 aliphatic carbocycles. The number of rotatable bonds is 4. The van der Waals surface area contributed by atoms with Gasteiger partial charge in [-0.1, -0.05) is 78.4 Å². The van der Waals surface area contributed by atoms with Crippen LogP contribution < -0.4 is 0 Å². The normalized spacial score (nSPS) is 17.2. The van der Waals surface area contributed by atoms with E-state index in [0.717, 1.165) is 26.0 Å². The molecule has 0 aromatic heterocycles. The zero-order valence-corrected chi connectivity index (χ0v) is 18.4. The van der Waals surface area contributed by atoms with Crippen molar-refractivity contribution < 1.29 is 8.42 Å². The van der Waals surface area contributed by atoms with Crippen molar-refractivity contribution >= 4 is 38.3 Å². The second-order valence-corrected chi connectivity index (χ2v) is 9.98. The van der Waals surface area contributed by atoms with E-state index < -0.39 is 10.0 Å². The number of sulfonamides is 1. The molecule has 0 saturated carbocycles. The Morgan fingerprint density at radius 3 is 2.04 bits per heavy atom. The van der Waals surface area contributed by atoms with E-state index >= 15 is 0 Å². The molecule has 1 unspecified atom stereocenters. The lowest BCUT2D eigenvalue weighted by molar-refractivity contribution is 0.445. The third-order valence-corrected chi connectivity index (χ3v) is 7.72. The predicted octanol–water partition coefficient (Wildman–Crippen LogP) is 5.93. The Bertz CT molecular complexity index is 1110. The number of hydrogen-bond donors (Lipinski definition) is 0. The molecule has 1 aliphatic rings. The van der Waals surface area contributed by atoms with E-state index in [1.54, 1.807) is 16.4 Å². The highest BCUT2D eigenvalue weighted by atomic mass is 127.